The number of allylic oxidation sites excluding steroid dienone is 1. The number of phenols is 1. The maximum absolute atomic E-state index is 12.4. The molecule has 1 aliphatic rings. The predicted molar refractivity (Wildman–Crippen MR) is 117 cm³/mol. The third-order valence-corrected chi connectivity index (χ3v) is 5.22. The van der Waals surface area contributed by atoms with Crippen LogP contribution in [0.1, 0.15) is 11.1 Å². The molecule has 29 heavy (non-hydrogen) atoms. The molecule has 0 aromatic heterocycles. The monoisotopic (exact) mass is 430 g/mol. The van der Waals surface area contributed by atoms with Gasteiger partial charge in [0.15, 0.2) is 16.7 Å². The van der Waals surface area contributed by atoms with Crippen LogP contribution in [0.25, 0.3) is 6.08 Å². The predicted octanol–water partition coefficient (Wildman–Crippen LogP) is 4.68. The fourth-order valence-electron chi connectivity index (χ4n) is 2.73. The second kappa shape index (κ2) is 9.07. The van der Waals surface area contributed by atoms with Gasteiger partial charge in [-0.3, -0.25) is 4.79 Å². The number of aliphatic imine (C=N–C) groups is 1. The molecule has 6 nitrogen and oxygen atoms in total. The number of thioether (sulfide) groups is 1. The maximum Gasteiger partial charge on any atom is 0.264 e. The van der Waals surface area contributed by atoms with Crippen LogP contribution in [0.3, 0.4) is 0 Å². The maximum atomic E-state index is 12.4. The van der Waals surface area contributed by atoms with E-state index in [9.17, 15) is 9.90 Å². The molecular formula is C21H19ClN2O4S. The average molecular weight is 431 g/mol. The Morgan fingerprint density at radius 1 is 1.24 bits per heavy atom. The van der Waals surface area contributed by atoms with Crippen molar-refractivity contribution in [3.63, 3.8) is 0 Å². The molecule has 0 aliphatic carbocycles. The van der Waals surface area contributed by atoms with Crippen LogP contribution in [0.15, 0.2) is 52.9 Å². The van der Waals surface area contributed by atoms with E-state index in [1.807, 2.05) is 0 Å². The SMILES string of the molecule is C=CCc1cc(/C=C2\SC(=Nc3cc(Cl)ccc3OC)NC2=O)cc(OC)c1O. The molecule has 3 rings (SSSR count). The lowest BCUT2D eigenvalue weighted by Crippen LogP contribution is -2.19. The molecule has 150 valence electrons. The van der Waals surface area contributed by atoms with Crippen LogP contribution in [0.2, 0.25) is 5.02 Å². The molecule has 1 heterocycles. The van der Waals surface area contributed by atoms with Crippen molar-refractivity contribution >= 4 is 46.2 Å². The summed E-state index contributed by atoms with van der Waals surface area (Å²) in [5, 5.41) is 13.9. The number of rotatable bonds is 6. The van der Waals surface area contributed by atoms with E-state index in [1.54, 1.807) is 42.5 Å². The average Bonchev–Trinajstić information content (AvgIpc) is 3.03. The number of hydrogen-bond donors (Lipinski definition) is 2. The number of phenolic OH excluding ortho intramolecular Hbond substituents is 1. The highest BCUT2D eigenvalue weighted by Gasteiger charge is 2.24. The Labute approximate surface area is 177 Å². The molecular weight excluding hydrogens is 412 g/mol. The number of carbonyl (C=O) groups excluding carboxylic acids is 1. The van der Waals surface area contributed by atoms with Gasteiger partial charge in [0.25, 0.3) is 5.91 Å². The van der Waals surface area contributed by atoms with Gasteiger partial charge in [-0.05, 0) is 60.2 Å². The molecule has 0 spiro atoms. The molecule has 1 amide bonds. The van der Waals surface area contributed by atoms with E-state index in [0.29, 0.717) is 44.3 Å². The number of hydrogen-bond acceptors (Lipinski definition) is 6. The fourth-order valence-corrected chi connectivity index (χ4v) is 3.73. The summed E-state index contributed by atoms with van der Waals surface area (Å²) in [6.45, 7) is 3.70. The minimum atomic E-state index is -0.271. The van der Waals surface area contributed by atoms with Gasteiger partial charge in [-0.1, -0.05) is 17.7 Å². The standard InChI is InChI=1S/C21H19ClN2O4S/c1-4-5-13-8-12(9-17(28-3)19(13)25)10-18-20(26)24-21(29-18)23-15-11-14(22)6-7-16(15)27-2/h4,6-11,25H,1,5H2,2-3H3,(H,23,24,26)/b18-10-. The summed E-state index contributed by atoms with van der Waals surface area (Å²) < 4.78 is 10.5. The van der Waals surface area contributed by atoms with E-state index in [4.69, 9.17) is 21.1 Å². The Morgan fingerprint density at radius 3 is 2.69 bits per heavy atom. The van der Waals surface area contributed by atoms with Crippen molar-refractivity contribution in [2.24, 2.45) is 4.99 Å². The second-order valence-electron chi connectivity index (χ2n) is 6.02. The molecule has 0 radical (unpaired) electrons. The fraction of sp³-hybridized carbons (Fsp3) is 0.143. The molecule has 8 heteroatoms. The number of nitrogens with one attached hydrogen (secondary N) is 1. The summed E-state index contributed by atoms with van der Waals surface area (Å²) in [4.78, 5) is 17.3. The summed E-state index contributed by atoms with van der Waals surface area (Å²) in [5.41, 5.74) is 1.89. The Balaban J connectivity index is 1.93. The van der Waals surface area contributed by atoms with E-state index in [1.165, 1.54) is 26.0 Å². The number of carbonyl (C=O) groups is 1. The molecule has 2 aromatic rings. The topological polar surface area (TPSA) is 80.2 Å². The highest BCUT2D eigenvalue weighted by Crippen LogP contribution is 2.36. The first kappa shape index (κ1) is 20.8. The van der Waals surface area contributed by atoms with Crippen LogP contribution < -0.4 is 14.8 Å². The molecule has 1 fully saturated rings. The molecule has 0 unspecified atom stereocenters. The molecule has 0 bridgehead atoms. The Morgan fingerprint density at radius 2 is 2.00 bits per heavy atom. The van der Waals surface area contributed by atoms with Gasteiger partial charge in [-0.2, -0.15) is 0 Å². The number of amides is 1. The Hall–Kier alpha value is -2.90. The summed E-state index contributed by atoms with van der Waals surface area (Å²) in [5.74, 6) is 0.670. The minimum Gasteiger partial charge on any atom is -0.504 e. The largest absolute Gasteiger partial charge is 0.504 e. The molecule has 2 aromatic carbocycles. The van der Waals surface area contributed by atoms with E-state index >= 15 is 0 Å². The lowest BCUT2D eigenvalue weighted by Gasteiger charge is -2.09. The van der Waals surface area contributed by atoms with Crippen molar-refractivity contribution in [1.29, 1.82) is 0 Å². The highest BCUT2D eigenvalue weighted by atomic mass is 35.5. The van der Waals surface area contributed by atoms with Crippen molar-refractivity contribution in [3.8, 4) is 17.2 Å². The second-order valence-corrected chi connectivity index (χ2v) is 7.49. The van der Waals surface area contributed by atoms with Gasteiger partial charge in [0.05, 0.1) is 19.1 Å². The minimum absolute atomic E-state index is 0.0633. The van der Waals surface area contributed by atoms with Crippen molar-refractivity contribution in [2.75, 3.05) is 14.2 Å². The zero-order valence-corrected chi connectivity index (χ0v) is 17.4. The van der Waals surface area contributed by atoms with Crippen LogP contribution in [0, 0.1) is 0 Å². The molecule has 1 aliphatic heterocycles. The van der Waals surface area contributed by atoms with Gasteiger partial charge in [0.1, 0.15) is 11.4 Å². The first-order valence-electron chi connectivity index (χ1n) is 8.59. The number of benzene rings is 2. The molecule has 2 N–H and O–H groups in total. The van der Waals surface area contributed by atoms with Crippen LogP contribution in [-0.4, -0.2) is 30.4 Å². The first-order valence-corrected chi connectivity index (χ1v) is 9.78. The van der Waals surface area contributed by atoms with Gasteiger partial charge >= 0.3 is 0 Å². The van der Waals surface area contributed by atoms with E-state index in [0.717, 1.165) is 5.56 Å². The Bertz CT molecular complexity index is 1030. The lowest BCUT2D eigenvalue weighted by molar-refractivity contribution is -0.115. The third-order valence-electron chi connectivity index (χ3n) is 4.07. The molecule has 0 saturated carbocycles. The normalized spacial score (nSPS) is 16.2. The summed E-state index contributed by atoms with van der Waals surface area (Å²) >= 11 is 7.23. The number of amidine groups is 1. The van der Waals surface area contributed by atoms with Gasteiger partial charge in [-0.15, -0.1) is 6.58 Å². The highest BCUT2D eigenvalue weighted by molar-refractivity contribution is 8.18. The zero-order valence-electron chi connectivity index (χ0n) is 15.9. The third kappa shape index (κ3) is 4.75. The van der Waals surface area contributed by atoms with Crippen LogP contribution in [0.4, 0.5) is 5.69 Å². The summed E-state index contributed by atoms with van der Waals surface area (Å²) in [6.07, 6.45) is 3.87. The van der Waals surface area contributed by atoms with Crippen LogP contribution in [-0.2, 0) is 11.2 Å². The number of ether oxygens (including phenoxy) is 2. The van der Waals surface area contributed by atoms with Crippen LogP contribution >= 0.6 is 23.4 Å². The van der Waals surface area contributed by atoms with Gasteiger partial charge in [-0.25, -0.2) is 4.99 Å². The first-order chi connectivity index (χ1) is 13.9. The van der Waals surface area contributed by atoms with E-state index in [2.05, 4.69) is 16.9 Å². The van der Waals surface area contributed by atoms with Crippen molar-refractivity contribution in [2.45, 2.75) is 6.42 Å². The van der Waals surface area contributed by atoms with Crippen molar-refractivity contribution in [1.82, 2.24) is 5.32 Å². The number of halogens is 1. The smallest absolute Gasteiger partial charge is 0.264 e. The quantitative estimate of drug-likeness (QED) is 0.513. The van der Waals surface area contributed by atoms with E-state index < -0.39 is 0 Å². The number of aromatic hydroxyl groups is 1. The summed E-state index contributed by atoms with van der Waals surface area (Å²) in [6, 6.07) is 8.53. The van der Waals surface area contributed by atoms with Gasteiger partial charge < -0.3 is 19.9 Å². The van der Waals surface area contributed by atoms with Crippen molar-refractivity contribution in [3.05, 3.63) is 64.0 Å². The van der Waals surface area contributed by atoms with Crippen molar-refractivity contribution < 1.29 is 19.4 Å². The molecule has 0 atom stereocenters. The summed E-state index contributed by atoms with van der Waals surface area (Å²) in [7, 11) is 3.02. The van der Waals surface area contributed by atoms with Gasteiger partial charge in [0.2, 0.25) is 0 Å². The zero-order chi connectivity index (χ0) is 21.0. The Kier molecular flexibility index (Phi) is 6.51. The molecule has 1 saturated heterocycles. The van der Waals surface area contributed by atoms with Crippen LogP contribution in [0.5, 0.6) is 17.2 Å². The van der Waals surface area contributed by atoms with Gasteiger partial charge in [0, 0.05) is 10.6 Å². The number of nitrogens with zero attached hydrogens (tertiary/aromatic N) is 1. The number of methoxy groups -OCH3 is 2. The van der Waals surface area contributed by atoms with E-state index in [-0.39, 0.29) is 11.7 Å². The lowest BCUT2D eigenvalue weighted by atomic mass is 10.1.